The number of amides is 2. The van der Waals surface area contributed by atoms with Gasteiger partial charge >= 0.3 is 6.03 Å². The number of benzene rings is 2. The molecule has 0 unspecified atom stereocenters. The molecule has 5 heteroatoms. The van der Waals surface area contributed by atoms with E-state index in [4.69, 9.17) is 4.74 Å². The SMILES string of the molecule is C[C@H](NC(=O)Nc1ccc2c(c1)CN(C)C2)[C@H]1COc2ccccc21. The lowest BCUT2D eigenvalue weighted by atomic mass is 9.94. The predicted molar refractivity (Wildman–Crippen MR) is 97.9 cm³/mol. The molecule has 2 aliphatic heterocycles. The van der Waals surface area contributed by atoms with Crippen LogP contribution in [0.3, 0.4) is 0 Å². The van der Waals surface area contributed by atoms with Crippen LogP contribution in [0.1, 0.15) is 29.5 Å². The minimum absolute atomic E-state index is 0.00999. The van der Waals surface area contributed by atoms with E-state index in [1.807, 2.05) is 31.2 Å². The average molecular weight is 337 g/mol. The van der Waals surface area contributed by atoms with Gasteiger partial charge in [0.05, 0.1) is 6.61 Å². The topological polar surface area (TPSA) is 53.6 Å². The van der Waals surface area contributed by atoms with Crippen molar-refractivity contribution in [3.05, 3.63) is 59.2 Å². The van der Waals surface area contributed by atoms with E-state index in [1.165, 1.54) is 11.1 Å². The van der Waals surface area contributed by atoms with Gasteiger partial charge in [-0.25, -0.2) is 4.79 Å². The number of anilines is 1. The smallest absolute Gasteiger partial charge is 0.319 e. The van der Waals surface area contributed by atoms with Crippen molar-refractivity contribution >= 4 is 11.7 Å². The highest BCUT2D eigenvalue weighted by molar-refractivity contribution is 5.89. The minimum Gasteiger partial charge on any atom is -0.493 e. The summed E-state index contributed by atoms with van der Waals surface area (Å²) in [6.45, 7) is 4.53. The van der Waals surface area contributed by atoms with Gasteiger partial charge in [0.25, 0.3) is 0 Å². The lowest BCUT2D eigenvalue weighted by Gasteiger charge is -2.20. The fourth-order valence-electron chi connectivity index (χ4n) is 3.72. The largest absolute Gasteiger partial charge is 0.493 e. The number of para-hydroxylation sites is 1. The highest BCUT2D eigenvalue weighted by Crippen LogP contribution is 2.35. The molecule has 2 aromatic carbocycles. The van der Waals surface area contributed by atoms with Crippen LogP contribution >= 0.6 is 0 Å². The molecule has 2 aliphatic rings. The number of hydrogen-bond acceptors (Lipinski definition) is 3. The van der Waals surface area contributed by atoms with Crippen LogP contribution in [0.25, 0.3) is 0 Å². The zero-order valence-electron chi connectivity index (χ0n) is 14.6. The second-order valence-electron chi connectivity index (χ2n) is 7.00. The molecule has 0 aliphatic carbocycles. The lowest BCUT2D eigenvalue weighted by molar-refractivity contribution is 0.244. The van der Waals surface area contributed by atoms with E-state index in [0.29, 0.717) is 6.61 Å². The summed E-state index contributed by atoms with van der Waals surface area (Å²) in [6.07, 6.45) is 0. The maximum atomic E-state index is 12.4. The Morgan fingerprint density at radius 1 is 1.20 bits per heavy atom. The summed E-state index contributed by atoms with van der Waals surface area (Å²) in [5.41, 5.74) is 4.62. The number of carbonyl (C=O) groups is 1. The van der Waals surface area contributed by atoms with Crippen LogP contribution in [0.15, 0.2) is 42.5 Å². The fraction of sp³-hybridized carbons (Fsp3) is 0.350. The van der Waals surface area contributed by atoms with Crippen molar-refractivity contribution in [3.8, 4) is 5.75 Å². The molecular weight excluding hydrogens is 314 g/mol. The van der Waals surface area contributed by atoms with Gasteiger partial charge in [-0.1, -0.05) is 24.3 Å². The number of rotatable bonds is 3. The molecular formula is C20H23N3O2. The summed E-state index contributed by atoms with van der Waals surface area (Å²) in [4.78, 5) is 14.6. The van der Waals surface area contributed by atoms with Crippen molar-refractivity contribution in [2.75, 3.05) is 19.0 Å². The summed E-state index contributed by atoms with van der Waals surface area (Å²) < 4.78 is 5.72. The second kappa shape index (κ2) is 6.41. The quantitative estimate of drug-likeness (QED) is 0.903. The Morgan fingerprint density at radius 3 is 2.88 bits per heavy atom. The van der Waals surface area contributed by atoms with Gasteiger partial charge in [-0.3, -0.25) is 4.90 Å². The van der Waals surface area contributed by atoms with Gasteiger partial charge in [-0.15, -0.1) is 0 Å². The Labute approximate surface area is 148 Å². The molecule has 0 spiro atoms. The van der Waals surface area contributed by atoms with Crippen LogP contribution in [0.5, 0.6) is 5.75 Å². The van der Waals surface area contributed by atoms with Crippen molar-refractivity contribution in [3.63, 3.8) is 0 Å². The number of ether oxygens (including phenoxy) is 1. The molecule has 25 heavy (non-hydrogen) atoms. The van der Waals surface area contributed by atoms with E-state index in [-0.39, 0.29) is 18.0 Å². The monoisotopic (exact) mass is 337 g/mol. The maximum Gasteiger partial charge on any atom is 0.319 e. The van der Waals surface area contributed by atoms with Crippen LogP contribution in [0.2, 0.25) is 0 Å². The first-order valence-electron chi connectivity index (χ1n) is 8.70. The first-order valence-corrected chi connectivity index (χ1v) is 8.70. The van der Waals surface area contributed by atoms with Crippen LogP contribution in [0, 0.1) is 0 Å². The minimum atomic E-state index is -0.178. The van der Waals surface area contributed by atoms with Crippen molar-refractivity contribution in [1.29, 1.82) is 0 Å². The van der Waals surface area contributed by atoms with Gasteiger partial charge in [-0.05, 0) is 43.3 Å². The third kappa shape index (κ3) is 3.20. The zero-order chi connectivity index (χ0) is 17.4. The molecule has 0 radical (unpaired) electrons. The van der Waals surface area contributed by atoms with Gasteiger partial charge in [0, 0.05) is 36.3 Å². The highest BCUT2D eigenvalue weighted by atomic mass is 16.5. The van der Waals surface area contributed by atoms with Crippen LogP contribution in [0.4, 0.5) is 10.5 Å². The molecule has 4 rings (SSSR count). The van der Waals surface area contributed by atoms with E-state index in [1.54, 1.807) is 0 Å². The van der Waals surface area contributed by atoms with Crippen molar-refractivity contribution in [2.24, 2.45) is 0 Å². The highest BCUT2D eigenvalue weighted by Gasteiger charge is 2.29. The molecule has 2 heterocycles. The standard InChI is InChI=1S/C20H23N3O2/c1-13(18-12-25-19-6-4-3-5-17(18)19)21-20(24)22-16-8-7-14-10-23(2)11-15(14)9-16/h3-9,13,18H,10-12H2,1-2H3,(H2,21,22,24)/t13-,18+/m0/s1. The fourth-order valence-corrected chi connectivity index (χ4v) is 3.72. The number of nitrogens with one attached hydrogen (secondary N) is 2. The molecule has 0 saturated heterocycles. The summed E-state index contributed by atoms with van der Waals surface area (Å²) in [7, 11) is 2.10. The van der Waals surface area contributed by atoms with Gasteiger partial charge in [-0.2, -0.15) is 0 Å². The first kappa shape index (κ1) is 16.0. The van der Waals surface area contributed by atoms with E-state index in [9.17, 15) is 4.79 Å². The van der Waals surface area contributed by atoms with E-state index in [0.717, 1.165) is 30.1 Å². The Morgan fingerprint density at radius 2 is 2.00 bits per heavy atom. The van der Waals surface area contributed by atoms with Gasteiger partial charge in [0.15, 0.2) is 0 Å². The molecule has 0 aromatic heterocycles. The van der Waals surface area contributed by atoms with Crippen LogP contribution in [-0.4, -0.2) is 30.6 Å². The number of urea groups is 1. The lowest BCUT2D eigenvalue weighted by Crippen LogP contribution is -2.40. The van der Waals surface area contributed by atoms with E-state index in [2.05, 4.69) is 40.8 Å². The van der Waals surface area contributed by atoms with Crippen LogP contribution in [-0.2, 0) is 13.1 Å². The van der Waals surface area contributed by atoms with Gasteiger partial charge in [0.1, 0.15) is 5.75 Å². The second-order valence-corrected chi connectivity index (χ2v) is 7.00. The van der Waals surface area contributed by atoms with Crippen molar-refractivity contribution in [2.45, 2.75) is 32.0 Å². The number of nitrogens with zero attached hydrogens (tertiary/aromatic N) is 1. The Kier molecular flexibility index (Phi) is 4.09. The molecule has 0 bridgehead atoms. The van der Waals surface area contributed by atoms with E-state index >= 15 is 0 Å². The summed E-state index contributed by atoms with van der Waals surface area (Å²) >= 11 is 0. The summed E-state index contributed by atoms with van der Waals surface area (Å²) in [5.74, 6) is 1.10. The average Bonchev–Trinajstić information content (AvgIpc) is 3.16. The van der Waals surface area contributed by atoms with E-state index < -0.39 is 0 Å². The third-order valence-corrected chi connectivity index (χ3v) is 5.04. The molecule has 0 saturated carbocycles. The van der Waals surface area contributed by atoms with Crippen molar-refractivity contribution in [1.82, 2.24) is 10.2 Å². The molecule has 0 fully saturated rings. The molecule has 2 aromatic rings. The molecule has 2 amide bonds. The first-order chi connectivity index (χ1) is 12.1. The predicted octanol–water partition coefficient (Wildman–Crippen LogP) is 3.32. The van der Waals surface area contributed by atoms with Gasteiger partial charge < -0.3 is 15.4 Å². The maximum absolute atomic E-state index is 12.4. The van der Waals surface area contributed by atoms with Crippen LogP contribution < -0.4 is 15.4 Å². The molecule has 130 valence electrons. The zero-order valence-corrected chi connectivity index (χ0v) is 14.6. The molecule has 2 atom stereocenters. The number of carbonyl (C=O) groups excluding carboxylic acids is 1. The van der Waals surface area contributed by atoms with Crippen molar-refractivity contribution < 1.29 is 9.53 Å². The Hall–Kier alpha value is -2.53. The number of fused-ring (bicyclic) bond motifs is 2. The Balaban J connectivity index is 1.39. The Bertz CT molecular complexity index is 805. The molecule has 5 nitrogen and oxygen atoms in total. The molecule has 2 N–H and O–H groups in total. The summed E-state index contributed by atoms with van der Waals surface area (Å²) in [6, 6.07) is 14.0. The van der Waals surface area contributed by atoms with Gasteiger partial charge in [0.2, 0.25) is 0 Å². The number of hydrogen-bond donors (Lipinski definition) is 2. The normalized spacial score (nSPS) is 19.7. The third-order valence-electron chi connectivity index (χ3n) is 5.04. The summed E-state index contributed by atoms with van der Waals surface area (Å²) in [5, 5.41) is 6.00.